The van der Waals surface area contributed by atoms with Gasteiger partial charge in [0.2, 0.25) is 11.8 Å². The zero-order valence-corrected chi connectivity index (χ0v) is 17.4. The summed E-state index contributed by atoms with van der Waals surface area (Å²) in [6.45, 7) is 1.61. The summed E-state index contributed by atoms with van der Waals surface area (Å²) in [5, 5.41) is 0.625. The number of rotatable bonds is 4. The summed E-state index contributed by atoms with van der Waals surface area (Å²) >= 11 is 6.31. The minimum Gasteiger partial charge on any atom is -0.331 e. The number of hydrogen-bond donors (Lipinski definition) is 0. The van der Waals surface area contributed by atoms with E-state index in [1.54, 1.807) is 4.90 Å². The Morgan fingerprint density at radius 1 is 1.03 bits per heavy atom. The Morgan fingerprint density at radius 2 is 1.80 bits per heavy atom. The maximum Gasteiger partial charge on any atom is 0.247 e. The minimum absolute atomic E-state index is 0.0566. The lowest BCUT2D eigenvalue weighted by Crippen LogP contribution is -2.47. The van der Waals surface area contributed by atoms with E-state index < -0.39 is 0 Å². The summed E-state index contributed by atoms with van der Waals surface area (Å²) in [7, 11) is 0. The molecule has 1 fully saturated rings. The highest BCUT2D eigenvalue weighted by atomic mass is 35.5. The second-order valence-corrected chi connectivity index (χ2v) is 8.33. The number of fused-ring (bicyclic) bond motifs is 3. The van der Waals surface area contributed by atoms with Gasteiger partial charge in [-0.1, -0.05) is 35.9 Å². The average Bonchev–Trinajstić information content (AvgIpc) is 3.45. The van der Waals surface area contributed by atoms with E-state index in [-0.39, 0.29) is 30.4 Å². The van der Waals surface area contributed by atoms with Crippen LogP contribution in [-0.4, -0.2) is 33.9 Å². The van der Waals surface area contributed by atoms with Crippen LogP contribution in [0.1, 0.15) is 37.1 Å². The molecular weight excluding hydrogens is 398 g/mol. The van der Waals surface area contributed by atoms with Gasteiger partial charge in [0, 0.05) is 24.2 Å². The number of nitrogens with zero attached hydrogens (tertiary/aromatic N) is 3. The number of anilines is 1. The highest BCUT2D eigenvalue weighted by Crippen LogP contribution is 2.43. The summed E-state index contributed by atoms with van der Waals surface area (Å²) < 4.78 is 2.12. The fourth-order valence-corrected chi connectivity index (χ4v) is 4.56. The predicted octanol–water partition coefficient (Wildman–Crippen LogP) is 4.58. The average molecular weight is 420 g/mol. The van der Waals surface area contributed by atoms with Crippen LogP contribution in [0.3, 0.4) is 0 Å². The van der Waals surface area contributed by atoms with Crippen LogP contribution >= 0.6 is 11.6 Å². The van der Waals surface area contributed by atoms with Gasteiger partial charge in [0.05, 0.1) is 17.1 Å². The van der Waals surface area contributed by atoms with Crippen LogP contribution in [0.5, 0.6) is 0 Å². The van der Waals surface area contributed by atoms with Crippen molar-refractivity contribution in [2.24, 2.45) is 0 Å². The first-order valence-corrected chi connectivity index (χ1v) is 10.5. The van der Waals surface area contributed by atoms with Crippen molar-refractivity contribution >= 4 is 29.1 Å². The Kier molecular flexibility index (Phi) is 4.63. The minimum atomic E-state index is -0.325. The Hall–Kier alpha value is -3.05. The molecule has 1 aliphatic carbocycles. The molecule has 1 saturated carbocycles. The highest BCUT2D eigenvalue weighted by molar-refractivity contribution is 6.30. The molecule has 2 aliphatic rings. The van der Waals surface area contributed by atoms with E-state index in [0.29, 0.717) is 5.02 Å². The summed E-state index contributed by atoms with van der Waals surface area (Å²) in [6, 6.07) is 19.4. The molecule has 0 radical (unpaired) electrons. The summed E-state index contributed by atoms with van der Waals surface area (Å²) in [4.78, 5) is 29.4. The van der Waals surface area contributed by atoms with Crippen molar-refractivity contribution in [1.29, 1.82) is 0 Å². The van der Waals surface area contributed by atoms with Crippen LogP contribution in [0.2, 0.25) is 5.02 Å². The van der Waals surface area contributed by atoms with E-state index in [0.717, 1.165) is 35.5 Å². The number of carbonyl (C=O) groups is 2. The predicted molar refractivity (Wildman–Crippen MR) is 117 cm³/mol. The molecule has 5 nitrogen and oxygen atoms in total. The molecule has 1 aromatic heterocycles. The molecule has 5 rings (SSSR count). The standard InChI is InChI=1S/C24H22ClN3O2/c1-16(29)27(19-11-12-19)15-23(30)28-21-9-3-2-8-20(21)26-13-5-10-22(26)24(28)17-6-4-7-18(25)14-17/h2-10,13-14,19,24H,11-12,15H2,1H3. The van der Waals surface area contributed by atoms with Gasteiger partial charge in [-0.25, -0.2) is 0 Å². The highest BCUT2D eigenvalue weighted by Gasteiger charge is 2.39. The lowest BCUT2D eigenvalue weighted by Gasteiger charge is -2.39. The van der Waals surface area contributed by atoms with Crippen molar-refractivity contribution in [3.63, 3.8) is 0 Å². The molecule has 0 N–H and O–H groups in total. The second-order valence-electron chi connectivity index (χ2n) is 7.89. The van der Waals surface area contributed by atoms with Gasteiger partial charge in [0.15, 0.2) is 0 Å². The first-order valence-electron chi connectivity index (χ1n) is 10.2. The molecule has 0 bridgehead atoms. The third kappa shape index (κ3) is 3.19. The Bertz CT molecular complexity index is 1130. The van der Waals surface area contributed by atoms with Gasteiger partial charge in [0.1, 0.15) is 12.6 Å². The number of aromatic nitrogens is 1. The molecule has 1 unspecified atom stereocenters. The first-order chi connectivity index (χ1) is 14.5. The third-order valence-corrected chi connectivity index (χ3v) is 6.09. The van der Waals surface area contributed by atoms with Crippen molar-refractivity contribution in [3.8, 4) is 5.69 Å². The van der Waals surface area contributed by atoms with Crippen LogP contribution in [0.15, 0.2) is 66.9 Å². The summed E-state index contributed by atoms with van der Waals surface area (Å²) in [6.07, 6.45) is 3.94. The van der Waals surface area contributed by atoms with Crippen molar-refractivity contribution in [2.45, 2.75) is 31.8 Å². The monoisotopic (exact) mass is 419 g/mol. The molecule has 1 atom stereocenters. The molecule has 3 aromatic rings. The maximum absolute atomic E-state index is 13.7. The van der Waals surface area contributed by atoms with Crippen LogP contribution in [0.4, 0.5) is 5.69 Å². The Balaban J connectivity index is 1.63. The quantitative estimate of drug-likeness (QED) is 0.621. The third-order valence-electron chi connectivity index (χ3n) is 5.85. The van der Waals surface area contributed by atoms with Gasteiger partial charge in [0.25, 0.3) is 0 Å². The molecular formula is C24H22ClN3O2. The van der Waals surface area contributed by atoms with E-state index in [1.165, 1.54) is 6.92 Å². The van der Waals surface area contributed by atoms with Gasteiger partial charge in [-0.2, -0.15) is 0 Å². The molecule has 0 saturated heterocycles. The van der Waals surface area contributed by atoms with Gasteiger partial charge < -0.3 is 9.47 Å². The second kappa shape index (κ2) is 7.33. The summed E-state index contributed by atoms with van der Waals surface area (Å²) in [5.41, 5.74) is 3.71. The fourth-order valence-electron chi connectivity index (χ4n) is 4.36. The fraction of sp³-hybridized carbons (Fsp3) is 0.250. The van der Waals surface area contributed by atoms with Gasteiger partial charge >= 0.3 is 0 Å². The van der Waals surface area contributed by atoms with Crippen molar-refractivity contribution in [1.82, 2.24) is 9.47 Å². The molecule has 1 aliphatic heterocycles. The number of carbonyl (C=O) groups excluding carboxylic acids is 2. The molecule has 6 heteroatoms. The number of benzene rings is 2. The van der Waals surface area contributed by atoms with Crippen molar-refractivity contribution < 1.29 is 9.59 Å². The zero-order chi connectivity index (χ0) is 20.8. The van der Waals surface area contributed by atoms with Gasteiger partial charge in [-0.15, -0.1) is 0 Å². The SMILES string of the molecule is CC(=O)N(CC(=O)N1c2ccccc2-n2cccc2C1c1cccc(Cl)c1)C1CC1. The molecule has 0 spiro atoms. The number of hydrogen-bond acceptors (Lipinski definition) is 2. The van der Waals surface area contributed by atoms with E-state index >= 15 is 0 Å². The topological polar surface area (TPSA) is 45.6 Å². The first kappa shape index (κ1) is 18.9. The Labute approximate surface area is 180 Å². The number of amides is 2. The molecule has 152 valence electrons. The van der Waals surface area contributed by atoms with Crippen molar-refractivity contribution in [2.75, 3.05) is 11.4 Å². The molecule has 2 amide bonds. The zero-order valence-electron chi connectivity index (χ0n) is 16.7. The van der Waals surface area contributed by atoms with Gasteiger partial charge in [-0.3, -0.25) is 14.5 Å². The summed E-state index contributed by atoms with van der Waals surface area (Å²) in [5.74, 6) is -0.152. The van der Waals surface area contributed by atoms with Crippen LogP contribution in [-0.2, 0) is 9.59 Å². The van der Waals surface area contributed by atoms with Crippen molar-refractivity contribution in [3.05, 3.63) is 83.1 Å². The lowest BCUT2D eigenvalue weighted by atomic mass is 9.97. The molecule has 2 heterocycles. The van der Waals surface area contributed by atoms with Gasteiger partial charge in [-0.05, 0) is 54.8 Å². The number of para-hydroxylation sites is 2. The van der Waals surface area contributed by atoms with E-state index in [9.17, 15) is 9.59 Å². The largest absolute Gasteiger partial charge is 0.331 e. The van der Waals surface area contributed by atoms with Crippen LogP contribution in [0, 0.1) is 0 Å². The molecule has 30 heavy (non-hydrogen) atoms. The van der Waals surface area contributed by atoms with E-state index in [2.05, 4.69) is 4.57 Å². The smallest absolute Gasteiger partial charge is 0.247 e. The van der Waals surface area contributed by atoms with Crippen LogP contribution < -0.4 is 4.90 Å². The van der Waals surface area contributed by atoms with E-state index in [4.69, 9.17) is 11.6 Å². The normalized spacial score (nSPS) is 17.3. The van der Waals surface area contributed by atoms with E-state index in [1.807, 2.05) is 71.8 Å². The number of halogens is 1. The Morgan fingerprint density at radius 3 is 2.50 bits per heavy atom. The maximum atomic E-state index is 13.7. The lowest BCUT2D eigenvalue weighted by molar-refractivity contribution is -0.134. The molecule has 2 aromatic carbocycles. The van der Waals surface area contributed by atoms with Crippen LogP contribution in [0.25, 0.3) is 5.69 Å².